The van der Waals surface area contributed by atoms with Crippen molar-refractivity contribution in [1.82, 2.24) is 0 Å². The average molecular weight is 442 g/mol. The lowest BCUT2D eigenvalue weighted by atomic mass is 10.1. The average Bonchev–Trinajstić information content (AvgIpc) is 2.55. The molecule has 0 aliphatic rings. The number of halogens is 2. The molecular formula is C20H26Br2O. The minimum atomic E-state index is -0.737. The molecule has 0 aliphatic carbocycles. The van der Waals surface area contributed by atoms with Crippen LogP contribution in [0.3, 0.4) is 0 Å². The molecule has 1 N–H and O–H groups in total. The number of aliphatic hydroxyl groups excluding tert-OH is 1. The fourth-order valence-corrected chi connectivity index (χ4v) is 3.00. The lowest BCUT2D eigenvalue weighted by Crippen LogP contribution is -2.28. The van der Waals surface area contributed by atoms with E-state index in [1.54, 1.807) is 6.08 Å². The van der Waals surface area contributed by atoms with E-state index in [4.69, 9.17) is 0 Å². The first-order valence-corrected chi connectivity index (χ1v) is 9.93. The van der Waals surface area contributed by atoms with Gasteiger partial charge in [0, 0.05) is 0 Å². The molecule has 1 aromatic rings. The van der Waals surface area contributed by atoms with Gasteiger partial charge in [0.2, 0.25) is 0 Å². The molecule has 0 saturated carbocycles. The van der Waals surface area contributed by atoms with Crippen LogP contribution >= 0.6 is 31.9 Å². The van der Waals surface area contributed by atoms with E-state index in [1.165, 1.54) is 32.1 Å². The number of unbranched alkanes of at least 4 members (excludes halogenated alkanes) is 5. The van der Waals surface area contributed by atoms with Crippen molar-refractivity contribution in [3.8, 4) is 11.8 Å². The summed E-state index contributed by atoms with van der Waals surface area (Å²) < 4.78 is -0.516. The van der Waals surface area contributed by atoms with Crippen LogP contribution in [-0.2, 0) is 0 Å². The lowest BCUT2D eigenvalue weighted by Gasteiger charge is -2.22. The Labute approximate surface area is 157 Å². The predicted octanol–water partition coefficient (Wildman–Crippen LogP) is 6.30. The van der Waals surface area contributed by atoms with E-state index >= 15 is 0 Å². The molecular weight excluding hydrogens is 416 g/mol. The van der Waals surface area contributed by atoms with Crippen molar-refractivity contribution in [3.05, 3.63) is 42.0 Å². The molecule has 0 saturated heterocycles. The quantitative estimate of drug-likeness (QED) is 0.270. The van der Waals surface area contributed by atoms with Crippen LogP contribution in [0.25, 0.3) is 6.08 Å². The minimum Gasteiger partial charge on any atom is -0.378 e. The summed E-state index contributed by atoms with van der Waals surface area (Å²) >= 11 is 7.13. The topological polar surface area (TPSA) is 20.2 Å². The third kappa shape index (κ3) is 9.35. The van der Waals surface area contributed by atoms with Gasteiger partial charge in [-0.2, -0.15) is 0 Å². The highest BCUT2D eigenvalue weighted by molar-refractivity contribution is 9.25. The Morgan fingerprint density at radius 1 is 1.09 bits per heavy atom. The summed E-state index contributed by atoms with van der Waals surface area (Å²) in [7, 11) is 0. The second-order valence-electron chi connectivity index (χ2n) is 5.71. The van der Waals surface area contributed by atoms with E-state index in [-0.39, 0.29) is 0 Å². The maximum Gasteiger partial charge on any atom is 0.140 e. The summed E-state index contributed by atoms with van der Waals surface area (Å²) in [5.74, 6) is 5.80. The van der Waals surface area contributed by atoms with Gasteiger partial charge >= 0.3 is 0 Å². The predicted molar refractivity (Wildman–Crippen MR) is 108 cm³/mol. The van der Waals surface area contributed by atoms with Gasteiger partial charge in [-0.05, 0) is 24.1 Å². The van der Waals surface area contributed by atoms with Crippen LogP contribution in [0.1, 0.15) is 57.4 Å². The third-order valence-corrected chi connectivity index (χ3v) is 5.30. The van der Waals surface area contributed by atoms with E-state index in [9.17, 15) is 5.11 Å². The SMILES string of the molecule is CCCCCCCCC(Br)(Br)[C@H](O)C#C/C=C/c1ccccc1. The monoisotopic (exact) mass is 440 g/mol. The fourth-order valence-electron chi connectivity index (χ4n) is 2.21. The molecule has 0 fully saturated rings. The van der Waals surface area contributed by atoms with Crippen molar-refractivity contribution >= 4 is 37.9 Å². The van der Waals surface area contributed by atoms with E-state index in [0.717, 1.165) is 18.4 Å². The smallest absolute Gasteiger partial charge is 0.140 e. The molecule has 0 unspecified atom stereocenters. The first-order chi connectivity index (χ1) is 11.1. The molecule has 0 radical (unpaired) electrons. The lowest BCUT2D eigenvalue weighted by molar-refractivity contribution is 0.217. The van der Waals surface area contributed by atoms with E-state index in [0.29, 0.717) is 0 Å². The summed E-state index contributed by atoms with van der Waals surface area (Å²) in [4.78, 5) is 0. The van der Waals surface area contributed by atoms with Crippen molar-refractivity contribution < 1.29 is 5.11 Å². The Morgan fingerprint density at radius 3 is 2.43 bits per heavy atom. The number of alkyl halides is 2. The van der Waals surface area contributed by atoms with Gasteiger partial charge < -0.3 is 5.11 Å². The summed E-state index contributed by atoms with van der Waals surface area (Å²) in [6.45, 7) is 2.23. The molecule has 126 valence electrons. The number of allylic oxidation sites excluding steroid dienone is 1. The van der Waals surface area contributed by atoms with Gasteiger partial charge in [0.15, 0.2) is 0 Å². The Balaban J connectivity index is 2.35. The van der Waals surface area contributed by atoms with Crippen LogP contribution in [0, 0.1) is 11.8 Å². The van der Waals surface area contributed by atoms with Crippen molar-refractivity contribution in [2.75, 3.05) is 0 Å². The number of hydrogen-bond donors (Lipinski definition) is 1. The summed E-state index contributed by atoms with van der Waals surface area (Å²) in [5, 5.41) is 10.2. The summed E-state index contributed by atoms with van der Waals surface area (Å²) in [6, 6.07) is 10.0. The molecule has 0 bridgehead atoms. The largest absolute Gasteiger partial charge is 0.378 e. The van der Waals surface area contributed by atoms with Crippen molar-refractivity contribution in [2.24, 2.45) is 0 Å². The van der Waals surface area contributed by atoms with Gasteiger partial charge in [-0.25, -0.2) is 0 Å². The van der Waals surface area contributed by atoms with Gasteiger partial charge in [-0.3, -0.25) is 0 Å². The highest BCUT2D eigenvalue weighted by atomic mass is 79.9. The number of benzene rings is 1. The molecule has 0 spiro atoms. The van der Waals surface area contributed by atoms with Crippen molar-refractivity contribution in [2.45, 2.75) is 61.2 Å². The maximum atomic E-state index is 10.2. The highest BCUT2D eigenvalue weighted by Crippen LogP contribution is 2.35. The van der Waals surface area contributed by atoms with Gasteiger partial charge in [0.05, 0.1) is 0 Å². The number of aliphatic hydroxyl groups is 1. The molecule has 1 atom stereocenters. The third-order valence-electron chi connectivity index (χ3n) is 3.64. The van der Waals surface area contributed by atoms with Crippen LogP contribution in [0.5, 0.6) is 0 Å². The van der Waals surface area contributed by atoms with Crippen LogP contribution in [-0.4, -0.2) is 14.4 Å². The van der Waals surface area contributed by atoms with Crippen LogP contribution in [0.4, 0.5) is 0 Å². The van der Waals surface area contributed by atoms with Crippen molar-refractivity contribution in [1.29, 1.82) is 0 Å². The van der Waals surface area contributed by atoms with E-state index in [1.807, 2.05) is 36.4 Å². The van der Waals surface area contributed by atoms with Crippen molar-refractivity contribution in [3.63, 3.8) is 0 Å². The number of hydrogen-bond acceptors (Lipinski definition) is 1. The Kier molecular flexibility index (Phi) is 10.6. The first kappa shape index (κ1) is 20.5. The number of rotatable bonds is 9. The van der Waals surface area contributed by atoms with Crippen LogP contribution in [0.2, 0.25) is 0 Å². The fraction of sp³-hybridized carbons (Fsp3) is 0.500. The molecule has 1 nitrogen and oxygen atoms in total. The summed E-state index contributed by atoms with van der Waals surface area (Å²) in [6.07, 6.45) is 11.3. The molecule has 1 rings (SSSR count). The zero-order valence-electron chi connectivity index (χ0n) is 13.8. The molecule has 3 heteroatoms. The van der Waals surface area contributed by atoms with Gasteiger partial charge in [-0.1, -0.05) is 119 Å². The Morgan fingerprint density at radius 2 is 1.74 bits per heavy atom. The van der Waals surface area contributed by atoms with Gasteiger partial charge in [0.1, 0.15) is 9.34 Å². The highest BCUT2D eigenvalue weighted by Gasteiger charge is 2.30. The molecule has 0 heterocycles. The molecule has 0 aromatic heterocycles. The molecule has 23 heavy (non-hydrogen) atoms. The standard InChI is InChI=1S/C20H26Br2O/c1-2-3-4-5-6-12-17-20(21,22)19(23)16-11-10-15-18-13-8-7-9-14-18/h7-10,13-15,19,23H,2-6,12,17H2,1H3/b15-10+/t19-/m1/s1. The second-order valence-corrected chi connectivity index (χ2v) is 9.61. The van der Waals surface area contributed by atoms with E-state index < -0.39 is 9.34 Å². The molecule has 1 aromatic carbocycles. The van der Waals surface area contributed by atoms with Gasteiger partial charge in [-0.15, -0.1) is 0 Å². The second kappa shape index (κ2) is 11.9. The maximum absolute atomic E-state index is 10.2. The minimum absolute atomic E-state index is 0.516. The Bertz CT molecular complexity index is 511. The normalized spacial score (nSPS) is 12.9. The van der Waals surface area contributed by atoms with Gasteiger partial charge in [0.25, 0.3) is 0 Å². The zero-order chi connectivity index (χ0) is 17.0. The van der Waals surface area contributed by atoms with E-state index in [2.05, 4.69) is 50.6 Å². The van der Waals surface area contributed by atoms with Crippen LogP contribution in [0.15, 0.2) is 36.4 Å². The Hall–Kier alpha value is -0.560. The zero-order valence-corrected chi connectivity index (χ0v) is 16.9. The van der Waals surface area contributed by atoms with Crippen LogP contribution < -0.4 is 0 Å². The molecule has 0 amide bonds. The summed E-state index contributed by atoms with van der Waals surface area (Å²) in [5.41, 5.74) is 1.10. The molecule has 0 aliphatic heterocycles. The first-order valence-electron chi connectivity index (χ1n) is 8.35.